The molecule has 0 fully saturated rings. The normalized spacial score (nSPS) is 11.4. The summed E-state index contributed by atoms with van der Waals surface area (Å²) in [6, 6.07) is 11.0. The molecule has 0 amide bonds. The Morgan fingerprint density at radius 1 is 1.09 bits per heavy atom. The van der Waals surface area contributed by atoms with E-state index in [1.54, 1.807) is 0 Å². The van der Waals surface area contributed by atoms with Crippen LogP contribution in [0.2, 0.25) is 0 Å². The van der Waals surface area contributed by atoms with Gasteiger partial charge in [-0.1, -0.05) is 24.3 Å². The van der Waals surface area contributed by atoms with Crippen LogP contribution in [0.1, 0.15) is 23.6 Å². The molecule has 0 heterocycles. The molecule has 0 unspecified atom stereocenters. The molecule has 124 valence electrons. The predicted octanol–water partition coefficient (Wildman–Crippen LogP) is 3.15. The number of nitrogens with one attached hydrogen (secondary N) is 1. The molecule has 0 radical (unpaired) electrons. The number of aryl methyl sites for hydroxylation is 1. The van der Waals surface area contributed by atoms with E-state index < -0.39 is 10.0 Å². The van der Waals surface area contributed by atoms with Gasteiger partial charge in [-0.05, 0) is 48.7 Å². The van der Waals surface area contributed by atoms with Crippen LogP contribution in [0, 0.1) is 12.7 Å². The van der Waals surface area contributed by atoms with Crippen molar-refractivity contribution in [3.8, 4) is 5.75 Å². The summed E-state index contributed by atoms with van der Waals surface area (Å²) in [7, 11) is -3.48. The largest absolute Gasteiger partial charge is 0.494 e. The van der Waals surface area contributed by atoms with Crippen molar-refractivity contribution in [1.82, 2.24) is 4.72 Å². The Labute approximate surface area is 136 Å². The minimum atomic E-state index is -3.48. The first-order valence-corrected chi connectivity index (χ1v) is 8.99. The van der Waals surface area contributed by atoms with Gasteiger partial charge in [-0.15, -0.1) is 0 Å². The quantitative estimate of drug-likeness (QED) is 0.844. The molecule has 0 bridgehead atoms. The third-order valence-electron chi connectivity index (χ3n) is 3.31. The second kappa shape index (κ2) is 7.57. The highest BCUT2D eigenvalue weighted by atomic mass is 32.2. The van der Waals surface area contributed by atoms with E-state index in [4.69, 9.17) is 4.74 Å². The van der Waals surface area contributed by atoms with Crippen LogP contribution in [-0.2, 0) is 22.3 Å². The zero-order chi connectivity index (χ0) is 16.9. The van der Waals surface area contributed by atoms with E-state index in [9.17, 15) is 12.8 Å². The molecule has 2 rings (SSSR count). The summed E-state index contributed by atoms with van der Waals surface area (Å²) >= 11 is 0. The van der Waals surface area contributed by atoms with E-state index in [0.29, 0.717) is 12.2 Å². The fourth-order valence-electron chi connectivity index (χ4n) is 2.18. The van der Waals surface area contributed by atoms with Gasteiger partial charge >= 0.3 is 0 Å². The van der Waals surface area contributed by atoms with Crippen LogP contribution in [0.25, 0.3) is 0 Å². The molecule has 0 aliphatic rings. The highest BCUT2D eigenvalue weighted by Gasteiger charge is 2.12. The van der Waals surface area contributed by atoms with Crippen molar-refractivity contribution >= 4 is 10.0 Å². The molecule has 2 aromatic carbocycles. The third kappa shape index (κ3) is 5.33. The molecule has 0 aromatic heterocycles. The third-order valence-corrected chi connectivity index (χ3v) is 4.60. The van der Waals surface area contributed by atoms with E-state index in [0.717, 1.165) is 16.9 Å². The smallest absolute Gasteiger partial charge is 0.216 e. The van der Waals surface area contributed by atoms with Crippen LogP contribution >= 0.6 is 0 Å². The second-order valence-corrected chi connectivity index (χ2v) is 7.05. The van der Waals surface area contributed by atoms with Crippen LogP contribution in [0.3, 0.4) is 0 Å². The molecule has 1 N–H and O–H groups in total. The highest BCUT2D eigenvalue weighted by Crippen LogP contribution is 2.19. The van der Waals surface area contributed by atoms with Gasteiger partial charge in [-0.25, -0.2) is 17.5 Å². The van der Waals surface area contributed by atoms with Crippen molar-refractivity contribution in [2.45, 2.75) is 26.1 Å². The molecule has 2 aromatic rings. The topological polar surface area (TPSA) is 55.4 Å². The van der Waals surface area contributed by atoms with Crippen molar-refractivity contribution < 1.29 is 17.5 Å². The number of ether oxygens (including phenoxy) is 1. The van der Waals surface area contributed by atoms with Crippen LogP contribution in [0.4, 0.5) is 4.39 Å². The zero-order valence-corrected chi connectivity index (χ0v) is 14.0. The summed E-state index contributed by atoms with van der Waals surface area (Å²) in [5.41, 5.74) is 2.36. The molecule has 0 aliphatic carbocycles. The first kappa shape index (κ1) is 17.4. The van der Waals surface area contributed by atoms with Crippen LogP contribution in [-0.4, -0.2) is 15.0 Å². The number of rotatable bonds is 7. The standard InChI is InChI=1S/C17H20FNO3S/c1-3-22-17-9-6-15(10-13(17)2)11-19-23(20,21)12-14-4-7-16(18)8-5-14/h4-10,19H,3,11-12H2,1-2H3. The lowest BCUT2D eigenvalue weighted by atomic mass is 10.1. The Bertz CT molecular complexity index is 758. The average Bonchev–Trinajstić information content (AvgIpc) is 2.50. The van der Waals surface area contributed by atoms with Crippen LogP contribution in [0.15, 0.2) is 42.5 Å². The van der Waals surface area contributed by atoms with Crippen LogP contribution < -0.4 is 9.46 Å². The van der Waals surface area contributed by atoms with E-state index in [1.165, 1.54) is 24.3 Å². The van der Waals surface area contributed by atoms with Crippen molar-refractivity contribution in [2.24, 2.45) is 0 Å². The first-order valence-electron chi connectivity index (χ1n) is 7.34. The maximum Gasteiger partial charge on any atom is 0.216 e. The molecule has 0 saturated heterocycles. The van der Waals surface area contributed by atoms with Gasteiger partial charge < -0.3 is 4.74 Å². The van der Waals surface area contributed by atoms with Gasteiger partial charge in [-0.3, -0.25) is 0 Å². The van der Waals surface area contributed by atoms with Gasteiger partial charge in [0.1, 0.15) is 11.6 Å². The Balaban J connectivity index is 1.98. The summed E-state index contributed by atoms with van der Waals surface area (Å²) in [4.78, 5) is 0. The van der Waals surface area contributed by atoms with Gasteiger partial charge in [0.2, 0.25) is 10.0 Å². The van der Waals surface area contributed by atoms with Gasteiger partial charge in [-0.2, -0.15) is 0 Å². The molecule has 23 heavy (non-hydrogen) atoms. The van der Waals surface area contributed by atoms with Gasteiger partial charge in [0, 0.05) is 6.54 Å². The summed E-state index contributed by atoms with van der Waals surface area (Å²) in [6.45, 7) is 4.62. The Morgan fingerprint density at radius 2 is 1.74 bits per heavy atom. The Hall–Kier alpha value is -1.92. The molecular weight excluding hydrogens is 317 g/mol. The fraction of sp³-hybridized carbons (Fsp3) is 0.294. The van der Waals surface area contributed by atoms with Crippen molar-refractivity contribution in [2.75, 3.05) is 6.61 Å². The second-order valence-electron chi connectivity index (χ2n) is 5.24. The minimum Gasteiger partial charge on any atom is -0.494 e. The maximum absolute atomic E-state index is 12.8. The molecule has 0 atom stereocenters. The molecule has 4 nitrogen and oxygen atoms in total. The monoisotopic (exact) mass is 337 g/mol. The summed E-state index contributed by atoms with van der Waals surface area (Å²) in [5.74, 6) is 0.234. The maximum atomic E-state index is 12.8. The summed E-state index contributed by atoms with van der Waals surface area (Å²) < 4.78 is 45.0. The van der Waals surface area contributed by atoms with Crippen molar-refractivity contribution in [1.29, 1.82) is 0 Å². The van der Waals surface area contributed by atoms with Gasteiger partial charge in [0.05, 0.1) is 12.4 Å². The van der Waals surface area contributed by atoms with E-state index >= 15 is 0 Å². The number of halogens is 1. The number of benzene rings is 2. The Morgan fingerprint density at radius 3 is 2.35 bits per heavy atom. The minimum absolute atomic E-state index is 0.177. The Kier molecular flexibility index (Phi) is 5.74. The molecule has 0 aliphatic heterocycles. The highest BCUT2D eigenvalue weighted by molar-refractivity contribution is 7.88. The lowest BCUT2D eigenvalue weighted by Crippen LogP contribution is -2.24. The number of sulfonamides is 1. The van der Waals surface area contributed by atoms with Crippen LogP contribution in [0.5, 0.6) is 5.75 Å². The summed E-state index contributed by atoms with van der Waals surface area (Å²) in [5, 5.41) is 0. The summed E-state index contributed by atoms with van der Waals surface area (Å²) in [6.07, 6.45) is 0. The first-order chi connectivity index (χ1) is 10.9. The number of hydrogen-bond acceptors (Lipinski definition) is 3. The average molecular weight is 337 g/mol. The zero-order valence-electron chi connectivity index (χ0n) is 13.2. The van der Waals surface area contributed by atoms with Gasteiger partial charge in [0.15, 0.2) is 0 Å². The molecule has 0 saturated carbocycles. The van der Waals surface area contributed by atoms with E-state index in [1.807, 2.05) is 32.0 Å². The van der Waals surface area contributed by atoms with Gasteiger partial charge in [0.25, 0.3) is 0 Å². The molecule has 0 spiro atoms. The lowest BCUT2D eigenvalue weighted by molar-refractivity contribution is 0.338. The van der Waals surface area contributed by atoms with E-state index in [2.05, 4.69) is 4.72 Å². The SMILES string of the molecule is CCOc1ccc(CNS(=O)(=O)Cc2ccc(F)cc2)cc1C. The lowest BCUT2D eigenvalue weighted by Gasteiger charge is -2.10. The van der Waals surface area contributed by atoms with Crippen molar-refractivity contribution in [3.63, 3.8) is 0 Å². The molecule has 6 heteroatoms. The number of hydrogen-bond donors (Lipinski definition) is 1. The van der Waals surface area contributed by atoms with Crippen molar-refractivity contribution in [3.05, 3.63) is 65.0 Å². The van der Waals surface area contributed by atoms with E-state index in [-0.39, 0.29) is 18.1 Å². The predicted molar refractivity (Wildman–Crippen MR) is 88.2 cm³/mol. The molecular formula is C17H20FNO3S. The fourth-order valence-corrected chi connectivity index (χ4v) is 3.30.